The Morgan fingerprint density at radius 2 is 1.48 bits per heavy atom. The summed E-state index contributed by atoms with van der Waals surface area (Å²) in [5, 5.41) is 8.70. The third-order valence-electron chi connectivity index (χ3n) is 3.54. The number of nitriles is 1. The first kappa shape index (κ1) is 18.3. The smallest absolute Gasteiger partial charge is 0.142 e. The first-order valence-corrected chi connectivity index (χ1v) is 8.14. The van der Waals surface area contributed by atoms with Gasteiger partial charge in [-0.2, -0.15) is 5.26 Å². The first-order valence-electron chi connectivity index (χ1n) is 8.14. The van der Waals surface area contributed by atoms with E-state index in [0.29, 0.717) is 11.1 Å². The van der Waals surface area contributed by atoms with Crippen LogP contribution in [0.3, 0.4) is 0 Å². The van der Waals surface area contributed by atoms with E-state index in [-0.39, 0.29) is 11.1 Å². The molecule has 0 spiro atoms. The minimum absolute atomic E-state index is 0.0430. The number of hydrogen-bond acceptors (Lipinski definition) is 1. The van der Waals surface area contributed by atoms with E-state index in [9.17, 15) is 8.78 Å². The van der Waals surface area contributed by atoms with Gasteiger partial charge in [0, 0.05) is 17.5 Å². The SMILES string of the molecule is CCCCCC#Cc1ccc(C#Cc2ccc(C#N)c(F)c2)c(F)c1. The molecule has 124 valence electrons. The lowest BCUT2D eigenvalue weighted by atomic mass is 10.1. The number of rotatable bonds is 3. The Labute approximate surface area is 147 Å². The molecule has 0 aliphatic rings. The summed E-state index contributed by atoms with van der Waals surface area (Å²) >= 11 is 0. The number of benzene rings is 2. The summed E-state index contributed by atoms with van der Waals surface area (Å²) in [4.78, 5) is 0. The minimum Gasteiger partial charge on any atom is -0.206 e. The van der Waals surface area contributed by atoms with Crippen molar-refractivity contribution in [3.8, 4) is 29.8 Å². The van der Waals surface area contributed by atoms with Gasteiger partial charge < -0.3 is 0 Å². The van der Waals surface area contributed by atoms with Crippen LogP contribution < -0.4 is 0 Å². The van der Waals surface area contributed by atoms with Crippen LogP contribution in [0.25, 0.3) is 0 Å². The molecule has 0 saturated heterocycles. The lowest BCUT2D eigenvalue weighted by Crippen LogP contribution is -1.87. The molecule has 0 aromatic heterocycles. The number of nitrogens with zero attached hydrogens (tertiary/aromatic N) is 1. The Morgan fingerprint density at radius 3 is 2.08 bits per heavy atom. The molecule has 0 heterocycles. The van der Waals surface area contributed by atoms with Crippen molar-refractivity contribution in [3.63, 3.8) is 0 Å². The zero-order chi connectivity index (χ0) is 18.1. The molecule has 0 bridgehead atoms. The van der Waals surface area contributed by atoms with Gasteiger partial charge in [0.2, 0.25) is 0 Å². The highest BCUT2D eigenvalue weighted by Gasteiger charge is 2.02. The molecule has 2 aromatic carbocycles. The van der Waals surface area contributed by atoms with E-state index in [2.05, 4.69) is 30.6 Å². The fraction of sp³-hybridized carbons (Fsp3) is 0.227. The van der Waals surface area contributed by atoms with Crippen LogP contribution in [0.15, 0.2) is 36.4 Å². The highest BCUT2D eigenvalue weighted by Crippen LogP contribution is 2.11. The second-order valence-electron chi connectivity index (χ2n) is 5.51. The largest absolute Gasteiger partial charge is 0.206 e. The van der Waals surface area contributed by atoms with E-state index < -0.39 is 11.6 Å². The summed E-state index contributed by atoms with van der Waals surface area (Å²) in [5.41, 5.74) is 1.18. The summed E-state index contributed by atoms with van der Waals surface area (Å²) in [6.07, 6.45) is 4.15. The second-order valence-corrected chi connectivity index (χ2v) is 5.51. The second kappa shape index (κ2) is 9.27. The summed E-state index contributed by atoms with van der Waals surface area (Å²) in [6, 6.07) is 10.4. The van der Waals surface area contributed by atoms with Crippen LogP contribution in [-0.2, 0) is 0 Å². The van der Waals surface area contributed by atoms with Crippen molar-refractivity contribution in [2.45, 2.75) is 32.6 Å². The maximum atomic E-state index is 14.1. The maximum Gasteiger partial charge on any atom is 0.142 e. The predicted octanol–water partition coefficient (Wildman–Crippen LogP) is 5.17. The van der Waals surface area contributed by atoms with Crippen molar-refractivity contribution in [2.75, 3.05) is 0 Å². The fourth-order valence-electron chi connectivity index (χ4n) is 2.15. The molecule has 0 aliphatic carbocycles. The molecule has 0 unspecified atom stereocenters. The Hall–Kier alpha value is -3.09. The molecule has 1 nitrogen and oxygen atoms in total. The Morgan fingerprint density at radius 1 is 0.840 bits per heavy atom. The van der Waals surface area contributed by atoms with E-state index in [4.69, 9.17) is 5.26 Å². The zero-order valence-corrected chi connectivity index (χ0v) is 14.0. The van der Waals surface area contributed by atoms with E-state index in [0.717, 1.165) is 25.7 Å². The molecular weight excluding hydrogens is 316 g/mol. The highest BCUT2D eigenvalue weighted by molar-refractivity contribution is 5.48. The van der Waals surface area contributed by atoms with E-state index in [1.807, 2.05) is 0 Å². The Balaban J connectivity index is 2.12. The summed E-state index contributed by atoms with van der Waals surface area (Å²) in [6.45, 7) is 2.13. The number of halogens is 2. The molecule has 2 rings (SSSR count). The lowest BCUT2D eigenvalue weighted by molar-refractivity contribution is 0.623. The van der Waals surface area contributed by atoms with E-state index in [1.54, 1.807) is 18.2 Å². The highest BCUT2D eigenvalue weighted by atomic mass is 19.1. The van der Waals surface area contributed by atoms with Gasteiger partial charge in [-0.3, -0.25) is 0 Å². The zero-order valence-electron chi connectivity index (χ0n) is 14.0. The molecular formula is C22H17F2N. The minimum atomic E-state index is -0.636. The fourth-order valence-corrected chi connectivity index (χ4v) is 2.15. The molecule has 2 aromatic rings. The van der Waals surface area contributed by atoms with Gasteiger partial charge in [0.25, 0.3) is 0 Å². The quantitative estimate of drug-likeness (QED) is 0.562. The molecule has 25 heavy (non-hydrogen) atoms. The maximum absolute atomic E-state index is 14.1. The third kappa shape index (κ3) is 5.49. The van der Waals surface area contributed by atoms with Gasteiger partial charge in [0.05, 0.1) is 11.1 Å². The summed E-state index contributed by atoms with van der Waals surface area (Å²) in [5.74, 6) is 10.3. The molecule has 0 radical (unpaired) electrons. The van der Waals surface area contributed by atoms with Crippen LogP contribution in [0.1, 0.15) is 54.9 Å². The van der Waals surface area contributed by atoms with Gasteiger partial charge in [-0.15, -0.1) is 0 Å². The van der Waals surface area contributed by atoms with Crippen molar-refractivity contribution in [2.24, 2.45) is 0 Å². The monoisotopic (exact) mass is 333 g/mol. The van der Waals surface area contributed by atoms with Gasteiger partial charge >= 0.3 is 0 Å². The topological polar surface area (TPSA) is 23.8 Å². The average Bonchev–Trinajstić information content (AvgIpc) is 2.61. The van der Waals surface area contributed by atoms with Crippen molar-refractivity contribution < 1.29 is 8.78 Å². The standard InChI is InChI=1S/C22H17F2N/c1-2-3-4-5-6-7-17-8-11-19(21(23)14-17)12-9-18-10-13-20(16-25)22(24)15-18/h8,10-11,13-15H,2-5H2,1H3. The Kier molecular flexibility index (Phi) is 6.76. The third-order valence-corrected chi connectivity index (χ3v) is 3.54. The van der Waals surface area contributed by atoms with Crippen LogP contribution in [0.4, 0.5) is 8.78 Å². The average molecular weight is 333 g/mol. The normalized spacial score (nSPS) is 9.36. The predicted molar refractivity (Wildman–Crippen MR) is 94.5 cm³/mol. The Bertz CT molecular complexity index is 915. The van der Waals surface area contributed by atoms with Crippen molar-refractivity contribution in [1.82, 2.24) is 0 Å². The molecule has 0 aliphatic heterocycles. The van der Waals surface area contributed by atoms with Gasteiger partial charge in [-0.1, -0.05) is 43.4 Å². The molecule has 0 atom stereocenters. The number of unbranched alkanes of at least 4 members (excludes halogenated alkanes) is 3. The van der Waals surface area contributed by atoms with Crippen LogP contribution in [0.5, 0.6) is 0 Å². The van der Waals surface area contributed by atoms with Crippen LogP contribution in [0.2, 0.25) is 0 Å². The summed E-state index contributed by atoms with van der Waals surface area (Å²) in [7, 11) is 0. The molecule has 0 saturated carbocycles. The van der Waals surface area contributed by atoms with Crippen LogP contribution in [-0.4, -0.2) is 0 Å². The van der Waals surface area contributed by atoms with Crippen LogP contribution >= 0.6 is 0 Å². The molecule has 0 fully saturated rings. The van der Waals surface area contributed by atoms with Crippen molar-refractivity contribution >= 4 is 0 Å². The van der Waals surface area contributed by atoms with E-state index in [1.165, 1.54) is 24.3 Å². The molecule has 0 N–H and O–H groups in total. The van der Waals surface area contributed by atoms with Gasteiger partial charge in [-0.25, -0.2) is 8.78 Å². The summed E-state index contributed by atoms with van der Waals surface area (Å²) < 4.78 is 27.6. The van der Waals surface area contributed by atoms with Crippen LogP contribution in [0, 0.1) is 46.6 Å². The molecule has 3 heteroatoms. The number of hydrogen-bond donors (Lipinski definition) is 0. The van der Waals surface area contributed by atoms with Crippen molar-refractivity contribution in [3.05, 3.63) is 70.3 Å². The van der Waals surface area contributed by atoms with Gasteiger partial charge in [-0.05, 0) is 42.8 Å². The first-order chi connectivity index (χ1) is 12.1. The molecule has 0 amide bonds. The van der Waals surface area contributed by atoms with Gasteiger partial charge in [0.15, 0.2) is 0 Å². The van der Waals surface area contributed by atoms with E-state index >= 15 is 0 Å². The van der Waals surface area contributed by atoms with Gasteiger partial charge in [0.1, 0.15) is 17.7 Å². The van der Waals surface area contributed by atoms with Crippen molar-refractivity contribution in [1.29, 1.82) is 5.26 Å². The lowest BCUT2D eigenvalue weighted by Gasteiger charge is -1.97.